The van der Waals surface area contributed by atoms with Gasteiger partial charge in [-0.3, -0.25) is 4.79 Å². The van der Waals surface area contributed by atoms with Crippen LogP contribution < -0.4 is 20.8 Å². The number of carboxylic acid groups (broad SMARTS) is 1. The van der Waals surface area contributed by atoms with Gasteiger partial charge in [-0.15, -0.1) is 0 Å². The second-order valence-electron chi connectivity index (χ2n) is 8.21. The topological polar surface area (TPSA) is 97.8 Å². The first-order chi connectivity index (χ1) is 15.4. The van der Waals surface area contributed by atoms with Crippen molar-refractivity contribution in [1.29, 1.82) is 0 Å². The summed E-state index contributed by atoms with van der Waals surface area (Å²) >= 11 is 0. The quantitative estimate of drug-likeness (QED) is 0.443. The summed E-state index contributed by atoms with van der Waals surface area (Å²) in [5, 5.41) is 11.3. The molecule has 1 fully saturated rings. The summed E-state index contributed by atoms with van der Waals surface area (Å²) in [6.07, 6.45) is 2.01. The molecule has 3 aromatic carbocycles. The maximum Gasteiger partial charge on any atom is 0.341 e. The molecule has 0 saturated carbocycles. The van der Waals surface area contributed by atoms with Crippen LogP contribution in [0.25, 0.3) is 27.4 Å². The van der Waals surface area contributed by atoms with Gasteiger partial charge in [0, 0.05) is 30.7 Å². The zero-order valence-electron chi connectivity index (χ0n) is 16.8. The minimum absolute atomic E-state index is 0.0385. The van der Waals surface area contributed by atoms with E-state index in [0.717, 1.165) is 16.8 Å². The van der Waals surface area contributed by atoms with Gasteiger partial charge < -0.3 is 25.0 Å². The Bertz CT molecular complexity index is 1530. The lowest BCUT2D eigenvalue weighted by Gasteiger charge is -2.29. The molecule has 3 N–H and O–H groups in total. The van der Waals surface area contributed by atoms with Gasteiger partial charge in [-0.05, 0) is 23.9 Å². The number of nitrogens with zero attached hydrogens (tertiary/aromatic N) is 2. The van der Waals surface area contributed by atoms with E-state index in [1.807, 2.05) is 41.3 Å². The number of nitrogens with two attached hydrogens (primary N) is 1. The van der Waals surface area contributed by atoms with Crippen LogP contribution in [0.1, 0.15) is 16.8 Å². The first kappa shape index (κ1) is 18.8. The Balaban J connectivity index is 1.77. The Hall–Kier alpha value is -3.91. The van der Waals surface area contributed by atoms with E-state index in [2.05, 4.69) is 0 Å². The number of anilines is 1. The molecular formula is C24H18FN3O4. The number of hydrogen-bond acceptors (Lipinski definition) is 5. The number of carbonyl (C=O) groups is 1. The molecule has 1 atom stereocenters. The van der Waals surface area contributed by atoms with Crippen molar-refractivity contribution in [3.8, 4) is 17.2 Å². The summed E-state index contributed by atoms with van der Waals surface area (Å²) in [6, 6.07) is 12.3. The third-order valence-corrected chi connectivity index (χ3v) is 6.26. The minimum atomic E-state index is -1.37. The molecule has 0 bridgehead atoms. The van der Waals surface area contributed by atoms with Gasteiger partial charge in [0.25, 0.3) is 0 Å². The number of halogens is 1. The molecule has 6 rings (SSSR count). The second kappa shape index (κ2) is 6.54. The average Bonchev–Trinajstić information content (AvgIpc) is 3.20. The molecule has 0 aliphatic carbocycles. The highest BCUT2D eigenvalue weighted by molar-refractivity contribution is 6.01. The van der Waals surface area contributed by atoms with E-state index in [-0.39, 0.29) is 22.9 Å². The number of ether oxygens (including phenoxy) is 1. The molecule has 2 aliphatic rings. The fourth-order valence-electron chi connectivity index (χ4n) is 4.77. The monoisotopic (exact) mass is 431 g/mol. The molecule has 1 saturated heterocycles. The van der Waals surface area contributed by atoms with E-state index < -0.39 is 22.8 Å². The lowest BCUT2D eigenvalue weighted by atomic mass is 10.0. The van der Waals surface area contributed by atoms with Crippen molar-refractivity contribution in [2.75, 3.05) is 18.0 Å². The third kappa shape index (κ3) is 2.50. The van der Waals surface area contributed by atoms with Gasteiger partial charge in [-0.2, -0.15) is 0 Å². The summed E-state index contributed by atoms with van der Waals surface area (Å²) in [4.78, 5) is 26.5. The van der Waals surface area contributed by atoms with Gasteiger partial charge >= 0.3 is 5.97 Å². The predicted molar refractivity (Wildman–Crippen MR) is 119 cm³/mol. The summed E-state index contributed by atoms with van der Waals surface area (Å²) in [5.41, 5.74) is 6.05. The van der Waals surface area contributed by atoms with Crippen molar-refractivity contribution < 1.29 is 19.0 Å². The van der Waals surface area contributed by atoms with Crippen LogP contribution in [0.2, 0.25) is 0 Å². The molecule has 160 valence electrons. The van der Waals surface area contributed by atoms with Crippen molar-refractivity contribution in [2.45, 2.75) is 12.5 Å². The summed E-state index contributed by atoms with van der Waals surface area (Å²) in [6.45, 7) is 1.01. The number of pyridine rings is 1. The Kier molecular flexibility index (Phi) is 3.85. The van der Waals surface area contributed by atoms with Gasteiger partial charge in [0.15, 0.2) is 17.3 Å². The Morgan fingerprint density at radius 2 is 1.97 bits per heavy atom. The van der Waals surface area contributed by atoms with E-state index in [1.165, 1.54) is 6.20 Å². The zero-order chi connectivity index (χ0) is 22.1. The van der Waals surface area contributed by atoms with Crippen LogP contribution in [-0.4, -0.2) is 34.8 Å². The number of fused-ring (bicyclic) bond motifs is 4. The molecule has 2 aliphatic heterocycles. The molecule has 8 heteroatoms. The smallest absolute Gasteiger partial charge is 0.341 e. The molecule has 32 heavy (non-hydrogen) atoms. The average molecular weight is 431 g/mol. The molecule has 3 heterocycles. The van der Waals surface area contributed by atoms with Crippen molar-refractivity contribution in [1.82, 2.24) is 4.57 Å². The number of carboxylic acids is 1. The number of hydrogen-bond donors (Lipinski definition) is 2. The van der Waals surface area contributed by atoms with Crippen LogP contribution in [0.5, 0.6) is 11.5 Å². The van der Waals surface area contributed by atoms with E-state index in [0.29, 0.717) is 36.5 Å². The van der Waals surface area contributed by atoms with Crippen molar-refractivity contribution in [2.24, 2.45) is 5.73 Å². The molecule has 0 spiro atoms. The molecule has 4 aromatic rings. The number of aromatic carboxylic acids is 1. The highest BCUT2D eigenvalue weighted by Crippen LogP contribution is 2.49. The fourth-order valence-corrected chi connectivity index (χ4v) is 4.77. The number of benzene rings is 3. The van der Waals surface area contributed by atoms with E-state index in [9.17, 15) is 14.7 Å². The maximum atomic E-state index is 15.4. The lowest BCUT2D eigenvalue weighted by Crippen LogP contribution is -2.28. The van der Waals surface area contributed by atoms with Crippen LogP contribution in [0.15, 0.2) is 53.5 Å². The number of rotatable bonds is 2. The molecule has 0 unspecified atom stereocenters. The molecular weight excluding hydrogens is 413 g/mol. The zero-order valence-corrected chi connectivity index (χ0v) is 16.8. The molecule has 1 aromatic heterocycles. The van der Waals surface area contributed by atoms with Crippen molar-refractivity contribution in [3.05, 3.63) is 70.3 Å². The van der Waals surface area contributed by atoms with Crippen LogP contribution in [0, 0.1) is 5.82 Å². The normalized spacial score (nSPS) is 16.9. The van der Waals surface area contributed by atoms with Gasteiger partial charge in [0.1, 0.15) is 16.8 Å². The highest BCUT2D eigenvalue weighted by atomic mass is 19.1. The third-order valence-electron chi connectivity index (χ3n) is 6.26. The SMILES string of the molecule is N[C@H]1CCN(c2c(F)cc3c(=O)c(C(=O)O)cn4c3c2Oc2c-4ccc3ccccc23)C1. The summed E-state index contributed by atoms with van der Waals surface area (Å²) < 4.78 is 23.4. The molecule has 7 nitrogen and oxygen atoms in total. The van der Waals surface area contributed by atoms with Crippen LogP contribution in [-0.2, 0) is 0 Å². The van der Waals surface area contributed by atoms with E-state index in [4.69, 9.17) is 10.5 Å². The summed E-state index contributed by atoms with van der Waals surface area (Å²) in [7, 11) is 0. The highest BCUT2D eigenvalue weighted by Gasteiger charge is 2.33. The number of aromatic nitrogens is 1. The van der Waals surface area contributed by atoms with Crippen molar-refractivity contribution in [3.63, 3.8) is 0 Å². The standard InChI is InChI=1S/C24H18FN3O4/c25-17-9-15-19-23(20(17)27-8-7-13(26)10-27)32-22-14-4-2-1-3-12(14)5-6-18(22)28(19)11-16(21(15)29)24(30)31/h1-6,9,11,13H,7-8,10,26H2,(H,30,31)/t13-/m0/s1. The van der Waals surface area contributed by atoms with Crippen LogP contribution in [0.4, 0.5) is 10.1 Å². The maximum absolute atomic E-state index is 15.4. The van der Waals surface area contributed by atoms with Crippen molar-refractivity contribution >= 4 is 33.3 Å². The van der Waals surface area contributed by atoms with E-state index >= 15 is 4.39 Å². The predicted octanol–water partition coefficient (Wildman–Crippen LogP) is 3.62. The van der Waals surface area contributed by atoms with Gasteiger partial charge in [-0.1, -0.05) is 30.3 Å². The largest absolute Gasteiger partial charge is 0.477 e. The fraction of sp³-hybridized carbons (Fsp3) is 0.167. The minimum Gasteiger partial charge on any atom is -0.477 e. The Morgan fingerprint density at radius 1 is 1.16 bits per heavy atom. The summed E-state index contributed by atoms with van der Waals surface area (Å²) in [5.74, 6) is -1.33. The Morgan fingerprint density at radius 3 is 2.72 bits per heavy atom. The van der Waals surface area contributed by atoms with Crippen LogP contribution >= 0.6 is 0 Å². The molecule has 0 radical (unpaired) electrons. The van der Waals surface area contributed by atoms with Gasteiger partial charge in [0.05, 0.1) is 11.1 Å². The van der Waals surface area contributed by atoms with Gasteiger partial charge in [0.2, 0.25) is 5.43 Å². The van der Waals surface area contributed by atoms with Crippen LogP contribution in [0.3, 0.4) is 0 Å². The second-order valence-corrected chi connectivity index (χ2v) is 8.21. The lowest BCUT2D eigenvalue weighted by molar-refractivity contribution is 0.0695. The molecule has 0 amide bonds. The first-order valence-electron chi connectivity index (χ1n) is 10.3. The first-order valence-corrected chi connectivity index (χ1v) is 10.3. The Labute approximate surface area is 181 Å². The van der Waals surface area contributed by atoms with Gasteiger partial charge in [-0.25, -0.2) is 9.18 Å². The van der Waals surface area contributed by atoms with E-state index in [1.54, 1.807) is 4.57 Å².